The molecule has 0 aromatic carbocycles. The highest BCUT2D eigenvalue weighted by molar-refractivity contribution is 9.10. The molecule has 150 valence electrons. The predicted molar refractivity (Wildman–Crippen MR) is 108 cm³/mol. The van der Waals surface area contributed by atoms with Gasteiger partial charge in [0.15, 0.2) is 0 Å². The number of rotatable bonds is 4. The SMILES string of the molecule is CN(Cc1c(Br)cnn1C)C(=O)C12CC3CC(C1)CC(n1cnc(Cl)n1)(C3)C2. The van der Waals surface area contributed by atoms with Crippen LogP contribution >= 0.6 is 27.5 Å². The van der Waals surface area contributed by atoms with Crippen molar-refractivity contribution in [2.45, 2.75) is 50.6 Å². The molecule has 0 N–H and O–H groups in total. The molecule has 4 fully saturated rings. The van der Waals surface area contributed by atoms with Gasteiger partial charge in [0.05, 0.1) is 33.9 Å². The Balaban J connectivity index is 1.45. The summed E-state index contributed by atoms with van der Waals surface area (Å²) in [6.07, 6.45) is 9.74. The molecule has 2 unspecified atom stereocenters. The average Bonchev–Trinajstić information content (AvgIpc) is 3.21. The zero-order chi connectivity index (χ0) is 19.7. The smallest absolute Gasteiger partial charge is 0.242 e. The summed E-state index contributed by atoms with van der Waals surface area (Å²) >= 11 is 9.57. The third kappa shape index (κ3) is 2.75. The number of halogens is 2. The highest BCUT2D eigenvalue weighted by atomic mass is 79.9. The van der Waals surface area contributed by atoms with Gasteiger partial charge in [-0.05, 0) is 77.9 Å². The standard InChI is InChI=1S/C19H24BrClN6O/c1-25(9-15-14(20)8-23-26(15)2)16(28)18-4-12-3-13(5-18)7-19(6-12,10-18)27-11-22-17(21)24-27/h8,11-13H,3-7,9-10H2,1-2H3. The van der Waals surface area contributed by atoms with Crippen molar-refractivity contribution < 1.29 is 4.79 Å². The minimum atomic E-state index is -0.303. The van der Waals surface area contributed by atoms with E-state index in [1.807, 2.05) is 28.4 Å². The maximum atomic E-state index is 13.7. The molecule has 7 nitrogen and oxygen atoms in total. The lowest BCUT2D eigenvalue weighted by molar-refractivity contribution is -0.166. The van der Waals surface area contributed by atoms with Gasteiger partial charge in [0.1, 0.15) is 6.33 Å². The summed E-state index contributed by atoms with van der Waals surface area (Å²) in [4.78, 5) is 19.8. The maximum absolute atomic E-state index is 13.7. The van der Waals surface area contributed by atoms with E-state index >= 15 is 0 Å². The van der Waals surface area contributed by atoms with Crippen LogP contribution in [0.5, 0.6) is 0 Å². The summed E-state index contributed by atoms with van der Waals surface area (Å²) in [6, 6.07) is 0. The van der Waals surface area contributed by atoms with Crippen LogP contribution in [-0.2, 0) is 23.9 Å². The molecular formula is C19H24BrClN6O. The molecular weight excluding hydrogens is 444 g/mol. The maximum Gasteiger partial charge on any atom is 0.242 e. The van der Waals surface area contributed by atoms with Gasteiger partial charge in [0, 0.05) is 14.1 Å². The third-order valence-corrected chi connectivity index (χ3v) is 8.01. The number of nitrogens with zero attached hydrogens (tertiary/aromatic N) is 6. The van der Waals surface area contributed by atoms with Gasteiger partial charge in [-0.2, -0.15) is 5.10 Å². The van der Waals surface area contributed by atoms with E-state index < -0.39 is 0 Å². The number of carbonyl (C=O) groups is 1. The molecule has 2 atom stereocenters. The lowest BCUT2D eigenvalue weighted by Crippen LogP contribution is -2.61. The Labute approximate surface area is 177 Å². The van der Waals surface area contributed by atoms with Crippen LogP contribution in [0.25, 0.3) is 0 Å². The summed E-state index contributed by atoms with van der Waals surface area (Å²) in [5, 5.41) is 9.01. The van der Waals surface area contributed by atoms with Crippen molar-refractivity contribution >= 4 is 33.4 Å². The molecule has 6 rings (SSSR count). The number of aromatic nitrogens is 5. The first kappa shape index (κ1) is 18.6. The third-order valence-electron chi connectivity index (χ3n) is 7.18. The number of hydrogen-bond donors (Lipinski definition) is 0. The fourth-order valence-electron chi connectivity index (χ4n) is 6.52. The Morgan fingerprint density at radius 1 is 1.36 bits per heavy atom. The zero-order valence-electron chi connectivity index (χ0n) is 16.1. The van der Waals surface area contributed by atoms with Crippen LogP contribution in [-0.4, -0.2) is 42.4 Å². The average molecular weight is 468 g/mol. The molecule has 0 saturated heterocycles. The molecule has 4 aliphatic carbocycles. The minimum Gasteiger partial charge on any atom is -0.339 e. The van der Waals surface area contributed by atoms with Gasteiger partial charge in [0.2, 0.25) is 11.2 Å². The summed E-state index contributed by atoms with van der Waals surface area (Å²) in [5.74, 6) is 1.40. The Kier molecular flexibility index (Phi) is 4.18. The minimum absolute atomic E-state index is 0.117. The van der Waals surface area contributed by atoms with Crippen molar-refractivity contribution in [2.24, 2.45) is 24.3 Å². The largest absolute Gasteiger partial charge is 0.339 e. The van der Waals surface area contributed by atoms with Crippen LogP contribution in [0.2, 0.25) is 5.28 Å². The molecule has 0 aliphatic heterocycles. The van der Waals surface area contributed by atoms with E-state index in [9.17, 15) is 4.79 Å². The molecule has 0 radical (unpaired) electrons. The molecule has 0 spiro atoms. The van der Waals surface area contributed by atoms with Crippen LogP contribution < -0.4 is 0 Å². The summed E-state index contributed by atoms with van der Waals surface area (Å²) in [5.41, 5.74) is 0.592. The van der Waals surface area contributed by atoms with Crippen molar-refractivity contribution in [3.8, 4) is 0 Å². The highest BCUT2D eigenvalue weighted by Crippen LogP contribution is 2.64. The summed E-state index contributed by atoms with van der Waals surface area (Å²) in [6.45, 7) is 0.551. The van der Waals surface area contributed by atoms with Gasteiger partial charge in [-0.3, -0.25) is 9.48 Å². The normalized spacial score (nSPS) is 33.4. The lowest BCUT2D eigenvalue weighted by atomic mass is 9.46. The van der Waals surface area contributed by atoms with E-state index in [0.717, 1.165) is 42.3 Å². The van der Waals surface area contributed by atoms with E-state index in [4.69, 9.17) is 11.6 Å². The molecule has 1 amide bonds. The Morgan fingerprint density at radius 2 is 2.07 bits per heavy atom. The van der Waals surface area contributed by atoms with Gasteiger partial charge in [0.25, 0.3) is 0 Å². The van der Waals surface area contributed by atoms with Crippen LogP contribution in [0.1, 0.15) is 44.2 Å². The van der Waals surface area contributed by atoms with E-state index in [1.54, 1.807) is 12.5 Å². The second-order valence-corrected chi connectivity index (χ2v) is 10.3. The second-order valence-electron chi connectivity index (χ2n) is 9.15. The molecule has 4 aliphatic rings. The van der Waals surface area contributed by atoms with E-state index in [2.05, 4.69) is 31.1 Å². The van der Waals surface area contributed by atoms with E-state index in [1.165, 1.54) is 6.42 Å². The molecule has 9 heteroatoms. The van der Waals surface area contributed by atoms with Crippen molar-refractivity contribution in [3.05, 3.63) is 28.0 Å². The van der Waals surface area contributed by atoms with Crippen molar-refractivity contribution in [2.75, 3.05) is 7.05 Å². The monoisotopic (exact) mass is 466 g/mol. The quantitative estimate of drug-likeness (QED) is 0.691. The molecule has 2 aromatic rings. The number of amides is 1. The summed E-state index contributed by atoms with van der Waals surface area (Å²) < 4.78 is 4.73. The fraction of sp³-hybridized carbons (Fsp3) is 0.684. The Hall–Kier alpha value is -1.41. The van der Waals surface area contributed by atoms with Crippen molar-refractivity contribution in [1.29, 1.82) is 0 Å². The fourth-order valence-corrected chi connectivity index (χ4v) is 7.12. The number of carbonyl (C=O) groups excluding carboxylic acids is 1. The van der Waals surface area contributed by atoms with Gasteiger partial charge in [-0.25, -0.2) is 9.67 Å². The molecule has 2 aromatic heterocycles. The highest BCUT2D eigenvalue weighted by Gasteiger charge is 2.62. The first-order chi connectivity index (χ1) is 13.3. The predicted octanol–water partition coefficient (Wildman–Crippen LogP) is 3.38. The number of hydrogen-bond acceptors (Lipinski definition) is 4. The Morgan fingerprint density at radius 3 is 2.64 bits per heavy atom. The lowest BCUT2D eigenvalue weighted by Gasteiger charge is -2.61. The van der Waals surface area contributed by atoms with E-state index in [0.29, 0.717) is 18.4 Å². The Bertz CT molecular complexity index is 905. The summed E-state index contributed by atoms with van der Waals surface area (Å²) in [7, 11) is 3.83. The molecule has 4 saturated carbocycles. The first-order valence-electron chi connectivity index (χ1n) is 9.80. The second kappa shape index (κ2) is 6.29. The van der Waals surface area contributed by atoms with Crippen LogP contribution in [0, 0.1) is 17.3 Å². The van der Waals surface area contributed by atoms with Gasteiger partial charge < -0.3 is 4.90 Å². The van der Waals surface area contributed by atoms with Gasteiger partial charge in [-0.1, -0.05) is 0 Å². The van der Waals surface area contributed by atoms with Crippen molar-refractivity contribution in [1.82, 2.24) is 29.4 Å². The topological polar surface area (TPSA) is 68.8 Å². The van der Waals surface area contributed by atoms with Crippen LogP contribution in [0.15, 0.2) is 17.0 Å². The molecule has 4 bridgehead atoms. The van der Waals surface area contributed by atoms with Gasteiger partial charge >= 0.3 is 0 Å². The first-order valence-corrected chi connectivity index (χ1v) is 11.0. The zero-order valence-corrected chi connectivity index (χ0v) is 18.4. The molecule has 2 heterocycles. The van der Waals surface area contributed by atoms with Crippen LogP contribution in [0.3, 0.4) is 0 Å². The van der Waals surface area contributed by atoms with Crippen LogP contribution in [0.4, 0.5) is 0 Å². The number of aryl methyl sites for hydroxylation is 1. The van der Waals surface area contributed by atoms with Crippen molar-refractivity contribution in [3.63, 3.8) is 0 Å². The molecule has 28 heavy (non-hydrogen) atoms. The van der Waals surface area contributed by atoms with Gasteiger partial charge in [-0.15, -0.1) is 5.10 Å². The van der Waals surface area contributed by atoms with E-state index in [-0.39, 0.29) is 22.1 Å².